The molecule has 2 aromatic heterocycles. The van der Waals surface area contributed by atoms with E-state index in [2.05, 4.69) is 15.5 Å². The quantitative estimate of drug-likeness (QED) is 0.919. The minimum absolute atomic E-state index is 0. The van der Waals surface area contributed by atoms with Crippen molar-refractivity contribution in [2.45, 2.75) is 19.3 Å². The molecule has 1 aliphatic rings. The second kappa shape index (κ2) is 8.26. The first-order valence-corrected chi connectivity index (χ1v) is 8.06. The van der Waals surface area contributed by atoms with E-state index in [9.17, 15) is 4.79 Å². The van der Waals surface area contributed by atoms with Crippen LogP contribution in [0.25, 0.3) is 10.7 Å². The van der Waals surface area contributed by atoms with Crippen molar-refractivity contribution >= 4 is 29.7 Å². The summed E-state index contributed by atoms with van der Waals surface area (Å²) in [5.74, 6) is 1.29. The number of halogens is 1. The van der Waals surface area contributed by atoms with Gasteiger partial charge in [-0.3, -0.25) is 4.79 Å². The van der Waals surface area contributed by atoms with E-state index in [0.717, 1.165) is 37.5 Å². The number of carbonyl (C=O) groups excluding carboxylic acids is 1. The topological polar surface area (TPSA) is 71.3 Å². The summed E-state index contributed by atoms with van der Waals surface area (Å²) in [6.07, 6.45) is 1.93. The zero-order valence-electron chi connectivity index (χ0n) is 12.2. The summed E-state index contributed by atoms with van der Waals surface area (Å²) in [4.78, 5) is 19.4. The lowest BCUT2D eigenvalue weighted by Crippen LogP contribution is -2.34. The molecule has 0 saturated carbocycles. The number of amides is 1. The summed E-state index contributed by atoms with van der Waals surface area (Å²) in [6, 6.07) is 3.90. The van der Waals surface area contributed by atoms with E-state index in [-0.39, 0.29) is 18.3 Å². The van der Waals surface area contributed by atoms with E-state index in [4.69, 9.17) is 4.52 Å². The zero-order valence-corrected chi connectivity index (χ0v) is 13.8. The predicted molar refractivity (Wildman–Crippen MR) is 87.2 cm³/mol. The molecule has 3 rings (SSSR count). The van der Waals surface area contributed by atoms with Gasteiger partial charge in [0.2, 0.25) is 17.6 Å². The maximum absolute atomic E-state index is 12.2. The summed E-state index contributed by atoms with van der Waals surface area (Å²) in [7, 11) is 0. The number of rotatable bonds is 4. The first-order valence-electron chi connectivity index (χ1n) is 7.18. The molecule has 0 unspecified atom stereocenters. The van der Waals surface area contributed by atoms with Crippen molar-refractivity contribution in [2.75, 3.05) is 26.2 Å². The standard InChI is InChI=1S/C14H18N4O2S.ClH/c19-13(18-8-2-6-15-7-9-18)5-4-12-16-14(17-20-12)11-3-1-10-21-11;/h1,3,10,15H,2,4-9H2;1H. The summed E-state index contributed by atoms with van der Waals surface area (Å²) in [6.45, 7) is 3.46. The predicted octanol–water partition coefficient (Wildman–Crippen LogP) is 1.97. The number of aromatic nitrogens is 2. The molecule has 0 spiro atoms. The van der Waals surface area contributed by atoms with Crippen LogP contribution in [0.3, 0.4) is 0 Å². The fourth-order valence-electron chi connectivity index (χ4n) is 2.33. The molecular weight excluding hydrogens is 324 g/mol. The maximum Gasteiger partial charge on any atom is 0.227 e. The molecule has 0 aromatic carbocycles. The lowest BCUT2D eigenvalue weighted by Gasteiger charge is -2.19. The van der Waals surface area contributed by atoms with Gasteiger partial charge in [-0.15, -0.1) is 23.7 Å². The number of carbonyl (C=O) groups is 1. The van der Waals surface area contributed by atoms with E-state index >= 15 is 0 Å². The van der Waals surface area contributed by atoms with Gasteiger partial charge in [-0.2, -0.15) is 4.98 Å². The lowest BCUT2D eigenvalue weighted by atomic mass is 10.2. The third-order valence-electron chi connectivity index (χ3n) is 3.46. The van der Waals surface area contributed by atoms with Crippen LogP contribution < -0.4 is 5.32 Å². The molecule has 1 N–H and O–H groups in total. The minimum atomic E-state index is 0. The summed E-state index contributed by atoms with van der Waals surface area (Å²) < 4.78 is 5.21. The number of nitrogens with one attached hydrogen (secondary N) is 1. The fourth-order valence-corrected chi connectivity index (χ4v) is 2.98. The van der Waals surface area contributed by atoms with Gasteiger partial charge in [-0.1, -0.05) is 11.2 Å². The second-order valence-electron chi connectivity index (χ2n) is 4.97. The van der Waals surface area contributed by atoms with Crippen LogP contribution in [0, 0.1) is 0 Å². The average molecular weight is 343 g/mol. The van der Waals surface area contributed by atoms with Crippen LogP contribution in [0.5, 0.6) is 0 Å². The van der Waals surface area contributed by atoms with Crippen molar-refractivity contribution < 1.29 is 9.32 Å². The van der Waals surface area contributed by atoms with Crippen LogP contribution in [-0.4, -0.2) is 47.1 Å². The normalized spacial score (nSPS) is 15.2. The summed E-state index contributed by atoms with van der Waals surface area (Å²) in [5.41, 5.74) is 0. The largest absolute Gasteiger partial charge is 0.341 e. The Labute approximate surface area is 139 Å². The molecule has 0 bridgehead atoms. The van der Waals surface area contributed by atoms with Gasteiger partial charge in [0.25, 0.3) is 0 Å². The smallest absolute Gasteiger partial charge is 0.227 e. The lowest BCUT2D eigenvalue weighted by molar-refractivity contribution is -0.131. The zero-order chi connectivity index (χ0) is 14.5. The molecule has 1 saturated heterocycles. The Morgan fingerprint density at radius 2 is 2.32 bits per heavy atom. The van der Waals surface area contributed by atoms with E-state index in [1.807, 2.05) is 22.4 Å². The van der Waals surface area contributed by atoms with E-state index < -0.39 is 0 Å². The first-order chi connectivity index (χ1) is 10.3. The van der Waals surface area contributed by atoms with Crippen LogP contribution >= 0.6 is 23.7 Å². The van der Waals surface area contributed by atoms with Gasteiger partial charge in [0.15, 0.2) is 0 Å². The SMILES string of the molecule is Cl.O=C(CCc1nc(-c2cccs2)no1)N1CCCNCC1. The Bertz CT molecular complexity index is 579. The highest BCUT2D eigenvalue weighted by molar-refractivity contribution is 7.13. The molecule has 120 valence electrons. The van der Waals surface area contributed by atoms with Crippen LogP contribution in [0.2, 0.25) is 0 Å². The van der Waals surface area contributed by atoms with Gasteiger partial charge < -0.3 is 14.7 Å². The van der Waals surface area contributed by atoms with Crippen molar-refractivity contribution in [3.05, 3.63) is 23.4 Å². The molecule has 6 nitrogen and oxygen atoms in total. The Hall–Kier alpha value is -1.44. The van der Waals surface area contributed by atoms with E-state index in [1.54, 1.807) is 11.3 Å². The van der Waals surface area contributed by atoms with Crippen LogP contribution in [-0.2, 0) is 11.2 Å². The van der Waals surface area contributed by atoms with Crippen molar-refractivity contribution in [1.82, 2.24) is 20.4 Å². The molecule has 1 amide bonds. The highest BCUT2D eigenvalue weighted by Gasteiger charge is 2.17. The van der Waals surface area contributed by atoms with E-state index in [0.29, 0.717) is 24.6 Å². The van der Waals surface area contributed by atoms with Crippen LogP contribution in [0.15, 0.2) is 22.0 Å². The van der Waals surface area contributed by atoms with Crippen LogP contribution in [0.4, 0.5) is 0 Å². The molecule has 0 atom stereocenters. The summed E-state index contributed by atoms with van der Waals surface area (Å²) >= 11 is 1.57. The Morgan fingerprint density at radius 3 is 3.14 bits per heavy atom. The van der Waals surface area contributed by atoms with Gasteiger partial charge in [0, 0.05) is 32.5 Å². The highest BCUT2D eigenvalue weighted by atomic mass is 35.5. The van der Waals surface area contributed by atoms with Crippen LogP contribution in [0.1, 0.15) is 18.7 Å². The number of nitrogens with zero attached hydrogens (tertiary/aromatic N) is 3. The number of hydrogen-bond donors (Lipinski definition) is 1. The van der Waals surface area contributed by atoms with Gasteiger partial charge >= 0.3 is 0 Å². The van der Waals surface area contributed by atoms with Crippen molar-refractivity contribution in [1.29, 1.82) is 0 Å². The monoisotopic (exact) mass is 342 g/mol. The van der Waals surface area contributed by atoms with Gasteiger partial charge in [-0.05, 0) is 24.4 Å². The Morgan fingerprint density at radius 1 is 1.41 bits per heavy atom. The van der Waals surface area contributed by atoms with Gasteiger partial charge in [-0.25, -0.2) is 0 Å². The number of thiophene rings is 1. The molecule has 0 aliphatic carbocycles. The summed E-state index contributed by atoms with van der Waals surface area (Å²) in [5, 5.41) is 9.22. The van der Waals surface area contributed by atoms with Gasteiger partial charge in [0.05, 0.1) is 4.88 Å². The van der Waals surface area contributed by atoms with Gasteiger partial charge in [0.1, 0.15) is 0 Å². The maximum atomic E-state index is 12.2. The number of aryl methyl sites for hydroxylation is 1. The number of hydrogen-bond acceptors (Lipinski definition) is 6. The molecule has 1 fully saturated rings. The van der Waals surface area contributed by atoms with Crippen molar-refractivity contribution in [2.24, 2.45) is 0 Å². The molecule has 8 heteroatoms. The third kappa shape index (κ3) is 4.28. The minimum Gasteiger partial charge on any atom is -0.341 e. The third-order valence-corrected chi connectivity index (χ3v) is 4.32. The molecule has 0 radical (unpaired) electrons. The molecule has 22 heavy (non-hydrogen) atoms. The van der Waals surface area contributed by atoms with Crippen molar-refractivity contribution in [3.8, 4) is 10.7 Å². The fraction of sp³-hybridized carbons (Fsp3) is 0.500. The van der Waals surface area contributed by atoms with Crippen molar-refractivity contribution in [3.63, 3.8) is 0 Å². The Kier molecular flexibility index (Phi) is 6.35. The second-order valence-corrected chi connectivity index (χ2v) is 5.92. The molecule has 2 aromatic rings. The van der Waals surface area contributed by atoms with E-state index in [1.165, 1.54) is 0 Å². The highest BCUT2D eigenvalue weighted by Crippen LogP contribution is 2.21. The Balaban J connectivity index is 0.00000176. The molecule has 1 aliphatic heterocycles. The molecule has 3 heterocycles. The average Bonchev–Trinajstić information content (AvgIpc) is 3.11. The molecular formula is C14H19ClN4O2S. The first kappa shape index (κ1) is 16.9.